The number of hydrogen-bond donors (Lipinski definition) is 1. The lowest BCUT2D eigenvalue weighted by Crippen LogP contribution is -2.42. The Morgan fingerprint density at radius 2 is 2.20 bits per heavy atom. The zero-order chi connectivity index (χ0) is 14.4. The highest BCUT2D eigenvalue weighted by Crippen LogP contribution is 2.31. The normalized spacial score (nSPS) is 17.3. The Bertz CT molecular complexity index is 447. The Kier molecular flexibility index (Phi) is 5.56. The third kappa shape index (κ3) is 3.38. The fourth-order valence-electron chi connectivity index (χ4n) is 2.63. The van der Waals surface area contributed by atoms with Crippen molar-refractivity contribution in [2.45, 2.75) is 38.6 Å². The topological polar surface area (TPSA) is 49.8 Å². The van der Waals surface area contributed by atoms with Crippen LogP contribution in [-0.4, -0.2) is 36.9 Å². The Hall–Kier alpha value is -1.39. The number of nitrogens with zero attached hydrogens (tertiary/aromatic N) is 1. The van der Waals surface area contributed by atoms with Gasteiger partial charge in [0, 0.05) is 12.3 Å². The third-order valence-electron chi connectivity index (χ3n) is 3.67. The number of amides is 1. The number of ether oxygens (including phenoxy) is 1. The highest BCUT2D eigenvalue weighted by molar-refractivity contribution is 5.97. The second kappa shape index (κ2) is 7.41. The van der Waals surface area contributed by atoms with Gasteiger partial charge in [0.15, 0.2) is 0 Å². The number of aliphatic hydroxyl groups excluding tert-OH is 1. The summed E-state index contributed by atoms with van der Waals surface area (Å²) in [6.45, 7) is 2.84. The largest absolute Gasteiger partial charge is 0.394 e. The number of para-hydroxylation sites is 1. The molecule has 4 heteroatoms. The molecule has 0 saturated heterocycles. The van der Waals surface area contributed by atoms with Crippen LogP contribution in [0.3, 0.4) is 0 Å². The minimum atomic E-state index is -0.154. The minimum Gasteiger partial charge on any atom is -0.394 e. The lowest BCUT2D eigenvalue weighted by molar-refractivity contribution is -0.123. The molecule has 0 saturated carbocycles. The highest BCUT2D eigenvalue weighted by Gasteiger charge is 2.32. The van der Waals surface area contributed by atoms with Crippen LogP contribution in [0.1, 0.15) is 31.7 Å². The van der Waals surface area contributed by atoms with Crippen molar-refractivity contribution in [2.75, 3.05) is 24.7 Å². The van der Waals surface area contributed by atoms with Gasteiger partial charge in [-0.25, -0.2) is 0 Å². The first kappa shape index (κ1) is 15.0. The predicted octanol–water partition coefficient (Wildman–Crippen LogP) is 2.14. The van der Waals surface area contributed by atoms with Crippen LogP contribution in [0.2, 0.25) is 0 Å². The quantitative estimate of drug-likeness (QED) is 0.777. The number of rotatable bonds is 7. The van der Waals surface area contributed by atoms with Gasteiger partial charge >= 0.3 is 0 Å². The summed E-state index contributed by atoms with van der Waals surface area (Å²) in [4.78, 5) is 14.0. The van der Waals surface area contributed by atoms with Crippen molar-refractivity contribution in [1.82, 2.24) is 0 Å². The zero-order valence-electron chi connectivity index (χ0n) is 12.0. The maximum absolute atomic E-state index is 12.3. The summed E-state index contributed by atoms with van der Waals surface area (Å²) >= 11 is 0. The molecule has 0 bridgehead atoms. The summed E-state index contributed by atoms with van der Waals surface area (Å²) in [7, 11) is 0. The van der Waals surface area contributed by atoms with Crippen molar-refractivity contribution >= 4 is 11.6 Å². The monoisotopic (exact) mass is 277 g/mol. The van der Waals surface area contributed by atoms with Crippen LogP contribution in [0.15, 0.2) is 24.3 Å². The first-order valence-corrected chi connectivity index (χ1v) is 7.36. The average Bonchev–Trinajstić information content (AvgIpc) is 2.85. The molecular formula is C16H23NO3. The summed E-state index contributed by atoms with van der Waals surface area (Å²) in [6, 6.07) is 7.66. The average molecular weight is 277 g/mol. The van der Waals surface area contributed by atoms with Gasteiger partial charge < -0.3 is 14.7 Å². The zero-order valence-corrected chi connectivity index (χ0v) is 12.0. The Balaban J connectivity index is 1.94. The number of unbranched alkanes of at least 4 members (excludes halogenated alkanes) is 2. The van der Waals surface area contributed by atoms with Gasteiger partial charge in [-0.15, -0.1) is 0 Å². The number of aliphatic hydroxyl groups is 1. The Morgan fingerprint density at radius 1 is 1.40 bits per heavy atom. The molecular weight excluding hydrogens is 254 g/mol. The Morgan fingerprint density at radius 3 is 2.95 bits per heavy atom. The van der Waals surface area contributed by atoms with E-state index in [1.54, 1.807) is 4.90 Å². The maximum atomic E-state index is 12.3. The van der Waals surface area contributed by atoms with Gasteiger partial charge in [0.2, 0.25) is 0 Å². The van der Waals surface area contributed by atoms with Crippen molar-refractivity contribution < 1.29 is 14.6 Å². The van der Waals surface area contributed by atoms with Crippen molar-refractivity contribution in [2.24, 2.45) is 0 Å². The molecule has 4 nitrogen and oxygen atoms in total. The van der Waals surface area contributed by atoms with Crippen LogP contribution in [0.4, 0.5) is 5.69 Å². The molecule has 0 radical (unpaired) electrons. The summed E-state index contributed by atoms with van der Waals surface area (Å²) in [6.07, 6.45) is 3.97. The molecule has 110 valence electrons. The van der Waals surface area contributed by atoms with Crippen molar-refractivity contribution in [1.29, 1.82) is 0 Å². The van der Waals surface area contributed by atoms with Crippen LogP contribution in [0, 0.1) is 0 Å². The van der Waals surface area contributed by atoms with Crippen molar-refractivity contribution in [3.63, 3.8) is 0 Å². The molecule has 1 aromatic carbocycles. The maximum Gasteiger partial charge on any atom is 0.253 e. The van der Waals surface area contributed by atoms with Crippen LogP contribution < -0.4 is 4.90 Å². The second-order valence-corrected chi connectivity index (χ2v) is 5.19. The molecule has 0 aliphatic carbocycles. The van der Waals surface area contributed by atoms with Gasteiger partial charge in [0.05, 0.1) is 12.6 Å². The first-order valence-electron chi connectivity index (χ1n) is 7.36. The lowest BCUT2D eigenvalue weighted by atomic mass is 10.1. The van der Waals surface area contributed by atoms with Crippen molar-refractivity contribution in [3.8, 4) is 0 Å². The van der Waals surface area contributed by atoms with Gasteiger partial charge in [0.25, 0.3) is 5.91 Å². The highest BCUT2D eigenvalue weighted by atomic mass is 16.5. The molecule has 1 aliphatic heterocycles. The molecule has 1 aromatic rings. The number of hydrogen-bond acceptors (Lipinski definition) is 3. The van der Waals surface area contributed by atoms with Gasteiger partial charge in [-0.3, -0.25) is 4.79 Å². The molecule has 1 unspecified atom stereocenters. The third-order valence-corrected chi connectivity index (χ3v) is 3.67. The van der Waals surface area contributed by atoms with Gasteiger partial charge in [-0.2, -0.15) is 0 Å². The summed E-state index contributed by atoms with van der Waals surface area (Å²) in [5, 5.41) is 9.46. The van der Waals surface area contributed by atoms with Crippen LogP contribution in [0.5, 0.6) is 0 Å². The lowest BCUT2D eigenvalue weighted by Gasteiger charge is -2.24. The van der Waals surface area contributed by atoms with E-state index in [0.29, 0.717) is 13.0 Å². The molecule has 1 N–H and O–H groups in total. The van der Waals surface area contributed by atoms with E-state index in [9.17, 15) is 9.90 Å². The molecule has 1 atom stereocenters. The van der Waals surface area contributed by atoms with E-state index < -0.39 is 0 Å². The van der Waals surface area contributed by atoms with E-state index in [1.807, 2.05) is 24.3 Å². The van der Waals surface area contributed by atoms with E-state index in [4.69, 9.17) is 4.74 Å². The summed E-state index contributed by atoms with van der Waals surface area (Å²) < 4.78 is 5.44. The molecule has 20 heavy (non-hydrogen) atoms. The fourth-order valence-corrected chi connectivity index (χ4v) is 2.63. The van der Waals surface area contributed by atoms with Crippen LogP contribution in [-0.2, 0) is 16.0 Å². The first-order chi connectivity index (χ1) is 9.77. The van der Waals surface area contributed by atoms with Gasteiger partial charge in [0.1, 0.15) is 6.61 Å². The van der Waals surface area contributed by atoms with Gasteiger partial charge in [-0.1, -0.05) is 38.0 Å². The summed E-state index contributed by atoms with van der Waals surface area (Å²) in [5.74, 6) is -0.0644. The summed E-state index contributed by atoms with van der Waals surface area (Å²) in [5.41, 5.74) is 2.03. The molecule has 1 heterocycles. The smallest absolute Gasteiger partial charge is 0.253 e. The van der Waals surface area contributed by atoms with Crippen LogP contribution in [0.25, 0.3) is 0 Å². The van der Waals surface area contributed by atoms with E-state index in [2.05, 4.69) is 6.92 Å². The van der Waals surface area contributed by atoms with Crippen molar-refractivity contribution in [3.05, 3.63) is 29.8 Å². The molecule has 0 fully saturated rings. The predicted molar refractivity (Wildman–Crippen MR) is 78.8 cm³/mol. The fraction of sp³-hybridized carbons (Fsp3) is 0.562. The molecule has 1 amide bonds. The Labute approximate surface area is 120 Å². The SMILES string of the molecule is CCCCCOCC(=O)N1c2ccccc2CC1CO. The molecule has 2 rings (SSSR count). The van der Waals surface area contributed by atoms with E-state index >= 15 is 0 Å². The number of carbonyl (C=O) groups excluding carboxylic acids is 1. The number of carbonyl (C=O) groups is 1. The molecule has 0 aromatic heterocycles. The van der Waals surface area contributed by atoms with Crippen LogP contribution >= 0.6 is 0 Å². The number of anilines is 1. The standard InChI is InChI=1S/C16H23NO3/c1-2-3-6-9-20-12-16(19)17-14(11-18)10-13-7-4-5-8-15(13)17/h4-5,7-8,14,18H,2-3,6,9-12H2,1H3. The molecule has 0 spiro atoms. The van der Waals surface area contributed by atoms with E-state index in [1.165, 1.54) is 0 Å². The van der Waals surface area contributed by atoms with E-state index in [-0.39, 0.29) is 25.2 Å². The molecule has 1 aliphatic rings. The number of fused-ring (bicyclic) bond motifs is 1. The minimum absolute atomic E-state index is 0.0176. The second-order valence-electron chi connectivity index (χ2n) is 5.19. The van der Waals surface area contributed by atoms with E-state index in [0.717, 1.165) is 30.5 Å². The van der Waals surface area contributed by atoms with Gasteiger partial charge in [-0.05, 0) is 24.5 Å². The number of benzene rings is 1.